The highest BCUT2D eigenvalue weighted by Gasteiger charge is 2.13. The lowest BCUT2D eigenvalue weighted by atomic mass is 10.2. The van der Waals surface area contributed by atoms with Crippen LogP contribution in [0.3, 0.4) is 0 Å². The highest BCUT2D eigenvalue weighted by Crippen LogP contribution is 2.29. The summed E-state index contributed by atoms with van der Waals surface area (Å²) in [5.41, 5.74) is 1.35. The zero-order valence-electron chi connectivity index (χ0n) is 16.7. The lowest BCUT2D eigenvalue weighted by Crippen LogP contribution is -2.23. The quantitative estimate of drug-likeness (QED) is 0.338. The maximum atomic E-state index is 12.8. The Morgan fingerprint density at radius 3 is 2.69 bits per heavy atom. The van der Waals surface area contributed by atoms with Gasteiger partial charge in [0.2, 0.25) is 4.96 Å². The highest BCUT2D eigenvalue weighted by molar-refractivity contribution is 7.15. The molecule has 0 saturated carbocycles. The molecule has 32 heavy (non-hydrogen) atoms. The Bertz CT molecular complexity index is 1530. The van der Waals surface area contributed by atoms with E-state index in [4.69, 9.17) is 20.8 Å². The van der Waals surface area contributed by atoms with Gasteiger partial charge in [-0.2, -0.15) is 9.50 Å². The summed E-state index contributed by atoms with van der Waals surface area (Å²) in [4.78, 5) is 17.9. The molecule has 0 unspecified atom stereocenters. The monoisotopic (exact) mass is 461 g/mol. The first-order valence-electron chi connectivity index (χ1n) is 9.72. The molecular weight excluding hydrogens is 446 g/mol. The zero-order valence-corrected chi connectivity index (χ0v) is 18.3. The van der Waals surface area contributed by atoms with E-state index in [1.54, 1.807) is 24.3 Å². The molecule has 0 bridgehead atoms. The second-order valence-corrected chi connectivity index (χ2v) is 8.27. The van der Waals surface area contributed by atoms with Crippen molar-refractivity contribution in [3.63, 3.8) is 0 Å². The Hall–Kier alpha value is -3.68. The van der Waals surface area contributed by atoms with Gasteiger partial charge in [-0.05, 0) is 48.5 Å². The number of thiazole rings is 1. The van der Waals surface area contributed by atoms with Gasteiger partial charge < -0.3 is 9.15 Å². The molecule has 0 saturated heterocycles. The lowest BCUT2D eigenvalue weighted by molar-refractivity contribution is 0.363. The number of rotatable bonds is 6. The van der Waals surface area contributed by atoms with E-state index < -0.39 is 0 Å². The standard InChI is InChI=1S/C24H16ClN3O3S/c1-2-13-30-16-9-7-15(8-10-16)22-26-24-28(27-22)23(29)21(32-24)14-17-11-12-20(31-17)18-5-3-4-6-19(18)25/h2-12,14H,1,13H2. The van der Waals surface area contributed by atoms with E-state index in [9.17, 15) is 4.79 Å². The van der Waals surface area contributed by atoms with Crippen LogP contribution in [0.4, 0.5) is 0 Å². The topological polar surface area (TPSA) is 69.6 Å². The van der Waals surface area contributed by atoms with Crippen LogP contribution in [0, 0.1) is 0 Å². The van der Waals surface area contributed by atoms with Crippen molar-refractivity contribution < 1.29 is 9.15 Å². The molecule has 3 heterocycles. The maximum Gasteiger partial charge on any atom is 0.291 e. The van der Waals surface area contributed by atoms with Crippen molar-refractivity contribution in [2.75, 3.05) is 6.61 Å². The van der Waals surface area contributed by atoms with Crippen molar-refractivity contribution in [1.82, 2.24) is 14.6 Å². The SMILES string of the molecule is C=CCOc1ccc(-c2nc3sc(=Cc4ccc(-c5ccccc5Cl)o4)c(=O)n3n2)cc1. The van der Waals surface area contributed by atoms with Gasteiger partial charge in [0.1, 0.15) is 28.4 Å². The third-order valence-electron chi connectivity index (χ3n) is 4.70. The fourth-order valence-electron chi connectivity index (χ4n) is 3.18. The summed E-state index contributed by atoms with van der Waals surface area (Å²) in [6.45, 7) is 4.07. The zero-order chi connectivity index (χ0) is 22.1. The number of ether oxygens (including phenoxy) is 1. The average molecular weight is 462 g/mol. The van der Waals surface area contributed by atoms with Crippen LogP contribution in [0.1, 0.15) is 5.76 Å². The number of benzene rings is 2. The molecule has 0 radical (unpaired) electrons. The van der Waals surface area contributed by atoms with Gasteiger partial charge in [0.25, 0.3) is 5.56 Å². The summed E-state index contributed by atoms with van der Waals surface area (Å²) in [5.74, 6) is 2.40. The molecule has 0 aliphatic rings. The minimum absolute atomic E-state index is 0.245. The number of halogens is 1. The largest absolute Gasteiger partial charge is 0.490 e. The third kappa shape index (κ3) is 3.84. The Balaban J connectivity index is 1.45. The molecule has 2 aromatic carbocycles. The van der Waals surface area contributed by atoms with Gasteiger partial charge in [-0.25, -0.2) is 0 Å². The second kappa shape index (κ2) is 8.45. The van der Waals surface area contributed by atoms with Gasteiger partial charge in [-0.1, -0.05) is 47.7 Å². The Morgan fingerprint density at radius 2 is 1.94 bits per heavy atom. The number of aromatic nitrogens is 3. The Morgan fingerprint density at radius 1 is 1.12 bits per heavy atom. The minimum atomic E-state index is -0.245. The lowest BCUT2D eigenvalue weighted by Gasteiger charge is -2.02. The van der Waals surface area contributed by atoms with Crippen molar-refractivity contribution in [3.05, 3.63) is 99.0 Å². The fourth-order valence-corrected chi connectivity index (χ4v) is 4.29. The van der Waals surface area contributed by atoms with Gasteiger partial charge in [-0.3, -0.25) is 4.79 Å². The summed E-state index contributed by atoms with van der Waals surface area (Å²) < 4.78 is 13.2. The number of nitrogens with zero attached hydrogens (tertiary/aromatic N) is 3. The average Bonchev–Trinajstić information content (AvgIpc) is 3.51. The van der Waals surface area contributed by atoms with Crippen LogP contribution in [-0.2, 0) is 0 Å². The first kappa shape index (κ1) is 20.2. The molecule has 0 N–H and O–H groups in total. The van der Waals surface area contributed by atoms with Crippen LogP contribution in [0.15, 0.2) is 82.5 Å². The first-order valence-corrected chi connectivity index (χ1v) is 10.9. The minimum Gasteiger partial charge on any atom is -0.490 e. The van der Waals surface area contributed by atoms with Gasteiger partial charge in [-0.15, -0.1) is 5.10 Å². The van der Waals surface area contributed by atoms with E-state index in [1.807, 2.05) is 48.5 Å². The van der Waals surface area contributed by atoms with Crippen molar-refractivity contribution in [2.45, 2.75) is 0 Å². The summed E-state index contributed by atoms with van der Waals surface area (Å²) in [6.07, 6.45) is 3.37. The van der Waals surface area contributed by atoms with Crippen molar-refractivity contribution in [1.29, 1.82) is 0 Å². The smallest absolute Gasteiger partial charge is 0.291 e. The van der Waals surface area contributed by atoms with Gasteiger partial charge >= 0.3 is 0 Å². The molecule has 5 rings (SSSR count). The van der Waals surface area contributed by atoms with E-state index >= 15 is 0 Å². The summed E-state index contributed by atoms with van der Waals surface area (Å²) in [6, 6.07) is 18.4. The second-order valence-electron chi connectivity index (χ2n) is 6.85. The molecule has 5 aromatic rings. The van der Waals surface area contributed by atoms with E-state index in [0.29, 0.717) is 38.5 Å². The number of fused-ring (bicyclic) bond motifs is 1. The predicted octanol–water partition coefficient (Wildman–Crippen LogP) is 4.84. The number of furan rings is 1. The molecule has 0 atom stereocenters. The van der Waals surface area contributed by atoms with Crippen LogP contribution in [0.2, 0.25) is 5.02 Å². The fraction of sp³-hybridized carbons (Fsp3) is 0.0417. The predicted molar refractivity (Wildman–Crippen MR) is 126 cm³/mol. The molecule has 0 aliphatic heterocycles. The van der Waals surface area contributed by atoms with E-state index in [2.05, 4.69) is 16.7 Å². The Labute approximate surface area is 191 Å². The Kier molecular flexibility index (Phi) is 5.34. The molecule has 8 heteroatoms. The van der Waals surface area contributed by atoms with E-state index in [-0.39, 0.29) is 5.56 Å². The highest BCUT2D eigenvalue weighted by atomic mass is 35.5. The van der Waals surface area contributed by atoms with Crippen molar-refractivity contribution >= 4 is 34.0 Å². The molecule has 0 fully saturated rings. The van der Waals surface area contributed by atoms with Gasteiger partial charge in [0, 0.05) is 17.2 Å². The molecule has 6 nitrogen and oxygen atoms in total. The van der Waals surface area contributed by atoms with Gasteiger partial charge in [0.05, 0.1) is 5.02 Å². The van der Waals surface area contributed by atoms with Crippen LogP contribution in [0.5, 0.6) is 5.75 Å². The molecule has 158 valence electrons. The molecular formula is C24H16ClN3O3S. The van der Waals surface area contributed by atoms with E-state index in [1.165, 1.54) is 15.9 Å². The van der Waals surface area contributed by atoms with Crippen molar-refractivity contribution in [3.8, 4) is 28.5 Å². The van der Waals surface area contributed by atoms with E-state index in [0.717, 1.165) is 16.9 Å². The third-order valence-corrected chi connectivity index (χ3v) is 5.99. The summed E-state index contributed by atoms with van der Waals surface area (Å²) >= 11 is 7.50. The van der Waals surface area contributed by atoms with Crippen LogP contribution in [-0.4, -0.2) is 21.2 Å². The van der Waals surface area contributed by atoms with Gasteiger partial charge in [0.15, 0.2) is 5.82 Å². The van der Waals surface area contributed by atoms with Crippen LogP contribution < -0.4 is 14.8 Å². The number of hydrogen-bond acceptors (Lipinski definition) is 6. The first-order chi connectivity index (χ1) is 15.6. The summed E-state index contributed by atoms with van der Waals surface area (Å²) in [5, 5.41) is 4.98. The molecule has 0 spiro atoms. The molecule has 0 amide bonds. The summed E-state index contributed by atoms with van der Waals surface area (Å²) in [7, 11) is 0. The van der Waals surface area contributed by atoms with Crippen LogP contribution in [0.25, 0.3) is 33.7 Å². The molecule has 3 aromatic heterocycles. The molecule has 0 aliphatic carbocycles. The maximum absolute atomic E-state index is 12.8. The normalized spacial score (nSPS) is 11.8. The van der Waals surface area contributed by atoms with Crippen LogP contribution >= 0.6 is 22.9 Å². The van der Waals surface area contributed by atoms with Crippen molar-refractivity contribution in [2.24, 2.45) is 0 Å². The number of hydrogen-bond donors (Lipinski definition) is 0.